The predicted octanol–water partition coefficient (Wildman–Crippen LogP) is 3.64. The molecule has 154 valence electrons. The molecule has 0 saturated carbocycles. The van der Waals surface area contributed by atoms with Gasteiger partial charge >= 0.3 is 6.03 Å². The van der Waals surface area contributed by atoms with E-state index < -0.39 is 0 Å². The Morgan fingerprint density at radius 2 is 1.90 bits per heavy atom. The Balaban J connectivity index is 1.50. The van der Waals surface area contributed by atoms with E-state index in [0.717, 1.165) is 25.5 Å². The van der Waals surface area contributed by atoms with Gasteiger partial charge in [-0.2, -0.15) is 0 Å². The lowest BCUT2D eigenvalue weighted by Gasteiger charge is -2.09. The molecule has 3 aromatic rings. The molecule has 3 rings (SSSR count). The lowest BCUT2D eigenvalue weighted by molar-refractivity contribution is 0.252. The normalized spacial score (nSPS) is 11.1. The molecule has 0 aliphatic rings. The van der Waals surface area contributed by atoms with Gasteiger partial charge in [0.05, 0.1) is 28.6 Å². The highest BCUT2D eigenvalue weighted by molar-refractivity contribution is 5.90. The lowest BCUT2D eigenvalue weighted by Crippen LogP contribution is -2.29. The number of hydrogen-bond donors (Lipinski definition) is 5. The molecule has 0 aliphatic heterocycles. The number of nitrogens with zero attached hydrogens (tertiary/aromatic N) is 2. The van der Waals surface area contributed by atoms with Crippen LogP contribution in [0, 0.1) is 5.41 Å². The summed E-state index contributed by atoms with van der Waals surface area (Å²) in [6.07, 6.45) is 6.95. The molecule has 0 radical (unpaired) electrons. The molecule has 0 aliphatic carbocycles. The summed E-state index contributed by atoms with van der Waals surface area (Å²) in [7, 11) is 0. The van der Waals surface area contributed by atoms with Gasteiger partial charge in [0.15, 0.2) is 0 Å². The average Bonchev–Trinajstić information content (AvgIpc) is 2.77. The van der Waals surface area contributed by atoms with Crippen LogP contribution in [0.15, 0.2) is 66.6 Å². The summed E-state index contributed by atoms with van der Waals surface area (Å²) in [5.74, 6) is 0.435. The Kier molecular flexibility index (Phi) is 7.32. The van der Waals surface area contributed by atoms with Crippen LogP contribution in [-0.2, 0) is 6.42 Å². The van der Waals surface area contributed by atoms with Crippen molar-refractivity contribution in [1.82, 2.24) is 15.3 Å². The molecular weight excluding hydrogens is 378 g/mol. The van der Waals surface area contributed by atoms with E-state index in [4.69, 9.17) is 11.1 Å². The molecule has 8 heteroatoms. The number of allylic oxidation sites excluding steroid dienone is 1. The number of pyridine rings is 2. The van der Waals surface area contributed by atoms with Crippen molar-refractivity contribution in [3.8, 4) is 0 Å². The maximum absolute atomic E-state index is 12.1. The zero-order valence-corrected chi connectivity index (χ0v) is 16.6. The summed E-state index contributed by atoms with van der Waals surface area (Å²) in [5, 5.41) is 15.9. The van der Waals surface area contributed by atoms with E-state index in [1.54, 1.807) is 24.4 Å². The van der Waals surface area contributed by atoms with Gasteiger partial charge in [0.1, 0.15) is 5.82 Å². The van der Waals surface area contributed by atoms with E-state index in [9.17, 15) is 4.79 Å². The number of unbranched alkanes of at least 4 members (excludes halogenated alkanes) is 1. The van der Waals surface area contributed by atoms with Gasteiger partial charge < -0.3 is 21.8 Å². The number of rotatable bonds is 9. The summed E-state index contributed by atoms with van der Waals surface area (Å²) >= 11 is 0. The molecule has 0 saturated heterocycles. The molecule has 0 fully saturated rings. The SMILES string of the molecule is N=CC(=CN)Nc1cnc2ccc(NC(=O)NCCCCc3ccccc3)nc2c1. The number of anilines is 2. The van der Waals surface area contributed by atoms with Crippen molar-refractivity contribution < 1.29 is 4.79 Å². The minimum absolute atomic E-state index is 0.291. The Morgan fingerprint density at radius 3 is 2.67 bits per heavy atom. The maximum atomic E-state index is 12.1. The van der Waals surface area contributed by atoms with E-state index in [2.05, 4.69) is 38.1 Å². The number of carbonyl (C=O) groups is 1. The highest BCUT2D eigenvalue weighted by atomic mass is 16.2. The fourth-order valence-corrected chi connectivity index (χ4v) is 2.90. The number of aromatic nitrogens is 2. The number of fused-ring (bicyclic) bond motifs is 1. The second kappa shape index (κ2) is 10.6. The number of carbonyl (C=O) groups excluding carboxylic acids is 1. The smallest absolute Gasteiger partial charge is 0.320 e. The lowest BCUT2D eigenvalue weighted by atomic mass is 10.1. The summed E-state index contributed by atoms with van der Waals surface area (Å²) in [6, 6.07) is 15.3. The van der Waals surface area contributed by atoms with Gasteiger partial charge in [-0.05, 0) is 43.0 Å². The molecule has 0 spiro atoms. The van der Waals surface area contributed by atoms with E-state index in [0.29, 0.717) is 34.8 Å². The Bertz CT molecular complexity index is 1030. The Morgan fingerprint density at radius 1 is 1.07 bits per heavy atom. The third-order valence-electron chi connectivity index (χ3n) is 4.42. The third-order valence-corrected chi connectivity index (χ3v) is 4.42. The quantitative estimate of drug-likeness (QED) is 0.275. The van der Waals surface area contributed by atoms with Crippen molar-refractivity contribution in [1.29, 1.82) is 5.41 Å². The topological polar surface area (TPSA) is 129 Å². The van der Waals surface area contributed by atoms with Crippen molar-refractivity contribution in [3.63, 3.8) is 0 Å². The fourth-order valence-electron chi connectivity index (χ4n) is 2.90. The van der Waals surface area contributed by atoms with Crippen LogP contribution in [0.1, 0.15) is 18.4 Å². The predicted molar refractivity (Wildman–Crippen MR) is 121 cm³/mol. The van der Waals surface area contributed by atoms with Gasteiger partial charge in [-0.25, -0.2) is 9.78 Å². The van der Waals surface area contributed by atoms with Gasteiger partial charge in [-0.15, -0.1) is 0 Å². The van der Waals surface area contributed by atoms with Crippen LogP contribution in [0.25, 0.3) is 11.0 Å². The molecule has 2 aromatic heterocycles. The Labute approximate surface area is 175 Å². The number of aryl methyl sites for hydroxylation is 1. The minimum Gasteiger partial charge on any atom is -0.403 e. The molecule has 0 bridgehead atoms. The molecule has 2 heterocycles. The molecule has 2 amide bonds. The van der Waals surface area contributed by atoms with Crippen molar-refractivity contribution in [2.24, 2.45) is 5.73 Å². The van der Waals surface area contributed by atoms with Crippen molar-refractivity contribution >= 4 is 34.8 Å². The first-order valence-electron chi connectivity index (χ1n) is 9.73. The van der Waals surface area contributed by atoms with Crippen LogP contribution in [0.2, 0.25) is 0 Å². The number of nitrogens with two attached hydrogens (primary N) is 1. The molecule has 0 unspecified atom stereocenters. The molecular formula is C22H25N7O. The maximum Gasteiger partial charge on any atom is 0.320 e. The summed E-state index contributed by atoms with van der Waals surface area (Å²) in [6.45, 7) is 0.597. The van der Waals surface area contributed by atoms with Crippen molar-refractivity contribution in [3.05, 3.63) is 72.2 Å². The minimum atomic E-state index is -0.291. The largest absolute Gasteiger partial charge is 0.403 e. The standard InChI is InChI=1S/C22H25N7O/c23-13-18(14-24)27-17-12-20-19(26-15-17)9-10-21(28-20)29-22(30)25-11-5-4-8-16-6-2-1-3-7-16/h1-3,6-7,9-10,12-15,23,27H,4-5,8,11,24H2,(H2,25,28,29,30). The second-order valence-corrected chi connectivity index (χ2v) is 6.67. The number of urea groups is 1. The van der Waals surface area contributed by atoms with Gasteiger partial charge in [0, 0.05) is 19.0 Å². The zero-order valence-electron chi connectivity index (χ0n) is 16.6. The van der Waals surface area contributed by atoms with Crippen LogP contribution in [0.4, 0.5) is 16.3 Å². The number of benzene rings is 1. The first-order valence-corrected chi connectivity index (χ1v) is 9.73. The van der Waals surface area contributed by atoms with Crippen LogP contribution < -0.4 is 21.7 Å². The van der Waals surface area contributed by atoms with Gasteiger partial charge in [0.25, 0.3) is 0 Å². The Hall–Kier alpha value is -3.94. The average molecular weight is 403 g/mol. The second-order valence-electron chi connectivity index (χ2n) is 6.67. The van der Waals surface area contributed by atoms with Gasteiger partial charge in [0.2, 0.25) is 0 Å². The van der Waals surface area contributed by atoms with E-state index >= 15 is 0 Å². The summed E-state index contributed by atoms with van der Waals surface area (Å²) in [4.78, 5) is 20.9. The van der Waals surface area contributed by atoms with E-state index in [-0.39, 0.29) is 6.03 Å². The number of nitrogens with one attached hydrogen (secondary N) is 4. The van der Waals surface area contributed by atoms with Crippen molar-refractivity contribution in [2.45, 2.75) is 19.3 Å². The number of hydrogen-bond acceptors (Lipinski definition) is 6. The monoisotopic (exact) mass is 403 g/mol. The molecule has 6 N–H and O–H groups in total. The first kappa shape index (κ1) is 20.8. The number of amides is 2. The van der Waals surface area contributed by atoms with Gasteiger partial charge in [-0.1, -0.05) is 30.3 Å². The summed E-state index contributed by atoms with van der Waals surface area (Å²) in [5.41, 5.74) is 9.15. The van der Waals surface area contributed by atoms with E-state index in [1.807, 2.05) is 18.2 Å². The van der Waals surface area contributed by atoms with Crippen LogP contribution in [0.5, 0.6) is 0 Å². The first-order chi connectivity index (χ1) is 14.7. The van der Waals surface area contributed by atoms with Crippen LogP contribution in [0.3, 0.4) is 0 Å². The van der Waals surface area contributed by atoms with E-state index in [1.165, 1.54) is 11.8 Å². The third kappa shape index (κ3) is 6.03. The van der Waals surface area contributed by atoms with Crippen molar-refractivity contribution in [2.75, 3.05) is 17.2 Å². The molecule has 30 heavy (non-hydrogen) atoms. The fraction of sp³-hybridized carbons (Fsp3) is 0.182. The van der Waals surface area contributed by atoms with Crippen LogP contribution in [-0.4, -0.2) is 28.8 Å². The van der Waals surface area contributed by atoms with Gasteiger partial charge in [-0.3, -0.25) is 10.3 Å². The molecule has 1 aromatic carbocycles. The zero-order chi connectivity index (χ0) is 21.2. The van der Waals surface area contributed by atoms with Crippen LogP contribution >= 0.6 is 0 Å². The molecule has 0 atom stereocenters. The molecule has 8 nitrogen and oxygen atoms in total. The summed E-state index contributed by atoms with van der Waals surface area (Å²) < 4.78 is 0. The highest BCUT2D eigenvalue weighted by Gasteiger charge is 2.06. The highest BCUT2D eigenvalue weighted by Crippen LogP contribution is 2.18.